The van der Waals surface area contributed by atoms with Crippen molar-refractivity contribution in [3.63, 3.8) is 0 Å². The Morgan fingerprint density at radius 1 is 1.33 bits per heavy atom. The molecule has 0 aliphatic rings. The number of hydrogen-bond acceptors (Lipinski definition) is 4. The summed E-state index contributed by atoms with van der Waals surface area (Å²) in [6, 6.07) is 3.23. The Balaban J connectivity index is 2.32. The van der Waals surface area contributed by atoms with Crippen LogP contribution in [0.4, 0.5) is 24.0 Å². The highest BCUT2D eigenvalue weighted by Gasteiger charge is 2.34. The molecule has 2 rings (SSSR count). The van der Waals surface area contributed by atoms with E-state index >= 15 is 0 Å². The van der Waals surface area contributed by atoms with Gasteiger partial charge in [-0.05, 0) is 26.0 Å². The van der Waals surface area contributed by atoms with Crippen LogP contribution in [0.3, 0.4) is 0 Å². The van der Waals surface area contributed by atoms with Crippen LogP contribution in [0.25, 0.3) is 0 Å². The molecule has 3 N–H and O–H groups in total. The molecule has 2 aromatic rings. The Morgan fingerprint density at radius 3 is 2.52 bits per heavy atom. The minimum Gasteiger partial charge on any atom is -0.398 e. The number of thiazole rings is 1. The summed E-state index contributed by atoms with van der Waals surface area (Å²) in [5.74, 6) is -0.715. The fraction of sp³-hybridized carbons (Fsp3) is 0.231. The Labute approximate surface area is 122 Å². The number of rotatable bonds is 2. The summed E-state index contributed by atoms with van der Waals surface area (Å²) >= 11 is 1.25. The minimum absolute atomic E-state index is 0.227. The van der Waals surface area contributed by atoms with Crippen LogP contribution < -0.4 is 11.1 Å². The van der Waals surface area contributed by atoms with Gasteiger partial charge in [0.1, 0.15) is 0 Å². The Kier molecular flexibility index (Phi) is 3.91. The summed E-state index contributed by atoms with van der Waals surface area (Å²) in [7, 11) is 0. The number of hydrogen-bond donors (Lipinski definition) is 2. The lowest BCUT2D eigenvalue weighted by Crippen LogP contribution is -2.17. The molecule has 8 heteroatoms. The zero-order chi connectivity index (χ0) is 15.8. The maximum absolute atomic E-state index is 12.8. The van der Waals surface area contributed by atoms with E-state index in [0.717, 1.165) is 22.7 Å². The molecule has 0 atom stereocenters. The van der Waals surface area contributed by atoms with Crippen LogP contribution in [0, 0.1) is 13.8 Å². The van der Waals surface area contributed by atoms with Gasteiger partial charge < -0.3 is 5.73 Å². The number of nitrogen functional groups attached to an aromatic ring is 1. The summed E-state index contributed by atoms with van der Waals surface area (Å²) in [4.78, 5) is 17.1. The van der Waals surface area contributed by atoms with E-state index in [0.29, 0.717) is 5.13 Å². The SMILES string of the molecule is Cc1nc(NC(=O)c2cccc(C(F)(F)F)c2N)sc1C. The van der Waals surface area contributed by atoms with Gasteiger partial charge in [0.05, 0.1) is 22.5 Å². The summed E-state index contributed by atoms with van der Waals surface area (Å²) in [5.41, 5.74) is 4.37. The van der Waals surface area contributed by atoms with Gasteiger partial charge in [-0.2, -0.15) is 13.2 Å². The molecular formula is C13H12F3N3OS. The van der Waals surface area contributed by atoms with Crippen LogP contribution in [-0.2, 0) is 6.18 Å². The predicted molar refractivity (Wildman–Crippen MR) is 75.4 cm³/mol. The van der Waals surface area contributed by atoms with Gasteiger partial charge in [-0.25, -0.2) is 4.98 Å². The number of nitrogens with zero attached hydrogens (tertiary/aromatic N) is 1. The number of nitrogens with one attached hydrogen (secondary N) is 1. The van der Waals surface area contributed by atoms with Gasteiger partial charge in [0, 0.05) is 4.88 Å². The molecule has 0 aliphatic heterocycles. The lowest BCUT2D eigenvalue weighted by Gasteiger charge is -2.12. The lowest BCUT2D eigenvalue weighted by molar-refractivity contribution is -0.136. The number of halogens is 3. The maximum Gasteiger partial charge on any atom is 0.418 e. The van der Waals surface area contributed by atoms with Gasteiger partial charge in [0.2, 0.25) is 0 Å². The standard InChI is InChI=1S/C13H12F3N3OS/c1-6-7(2)21-12(18-6)19-11(20)8-4-3-5-9(10(8)17)13(14,15)16/h3-5H,17H2,1-2H3,(H,18,19,20). The normalized spacial score (nSPS) is 11.5. The number of aryl methyl sites for hydroxylation is 2. The third-order valence-electron chi connectivity index (χ3n) is 2.91. The molecule has 1 aromatic carbocycles. The first kappa shape index (κ1) is 15.3. The van der Waals surface area contributed by atoms with Gasteiger partial charge in [-0.3, -0.25) is 10.1 Å². The Morgan fingerprint density at radius 2 is 2.00 bits per heavy atom. The van der Waals surface area contributed by atoms with Crippen molar-refractivity contribution in [1.29, 1.82) is 0 Å². The second-order valence-electron chi connectivity index (χ2n) is 4.38. The first-order valence-electron chi connectivity index (χ1n) is 5.91. The van der Waals surface area contributed by atoms with Gasteiger partial charge in [0.25, 0.3) is 5.91 Å². The number of benzene rings is 1. The van der Waals surface area contributed by atoms with Crippen LogP contribution in [0.1, 0.15) is 26.5 Å². The van der Waals surface area contributed by atoms with E-state index in [1.165, 1.54) is 17.4 Å². The van der Waals surface area contributed by atoms with Crippen molar-refractivity contribution in [2.45, 2.75) is 20.0 Å². The monoisotopic (exact) mass is 315 g/mol. The second kappa shape index (κ2) is 5.36. The van der Waals surface area contributed by atoms with Gasteiger partial charge in [-0.1, -0.05) is 6.07 Å². The number of amides is 1. The van der Waals surface area contributed by atoms with E-state index in [1.54, 1.807) is 6.92 Å². The molecule has 4 nitrogen and oxygen atoms in total. The maximum atomic E-state index is 12.8. The molecular weight excluding hydrogens is 303 g/mol. The van der Waals surface area contributed by atoms with Crippen molar-refractivity contribution in [2.24, 2.45) is 0 Å². The summed E-state index contributed by atoms with van der Waals surface area (Å²) in [6.07, 6.45) is -4.60. The first-order chi connectivity index (χ1) is 9.70. The van der Waals surface area contributed by atoms with Crippen molar-refractivity contribution in [3.8, 4) is 0 Å². The number of aromatic nitrogens is 1. The van der Waals surface area contributed by atoms with Gasteiger partial charge in [0.15, 0.2) is 5.13 Å². The Hall–Kier alpha value is -2.09. The zero-order valence-corrected chi connectivity index (χ0v) is 12.0. The highest BCUT2D eigenvalue weighted by molar-refractivity contribution is 7.15. The number of nitrogens with two attached hydrogens (primary N) is 1. The topological polar surface area (TPSA) is 68.0 Å². The summed E-state index contributed by atoms with van der Waals surface area (Å²) in [6.45, 7) is 3.61. The van der Waals surface area contributed by atoms with Crippen molar-refractivity contribution < 1.29 is 18.0 Å². The molecule has 0 fully saturated rings. The molecule has 0 saturated carbocycles. The molecule has 0 saturated heterocycles. The minimum atomic E-state index is -4.60. The van der Waals surface area contributed by atoms with Crippen molar-refractivity contribution in [1.82, 2.24) is 4.98 Å². The zero-order valence-electron chi connectivity index (χ0n) is 11.2. The third-order valence-corrected chi connectivity index (χ3v) is 3.89. The first-order valence-corrected chi connectivity index (χ1v) is 6.73. The Bertz CT molecular complexity index is 675. The number of para-hydroxylation sites is 1. The van der Waals surface area contributed by atoms with E-state index in [9.17, 15) is 18.0 Å². The molecule has 0 unspecified atom stereocenters. The molecule has 0 bridgehead atoms. The molecule has 1 heterocycles. The second-order valence-corrected chi connectivity index (χ2v) is 5.58. The molecule has 0 radical (unpaired) electrons. The van der Waals surface area contributed by atoms with Gasteiger partial charge in [-0.15, -0.1) is 11.3 Å². The largest absolute Gasteiger partial charge is 0.418 e. The van der Waals surface area contributed by atoms with E-state index in [1.807, 2.05) is 6.92 Å². The molecule has 112 valence electrons. The predicted octanol–water partition coefficient (Wildman–Crippen LogP) is 3.61. The average molecular weight is 315 g/mol. The summed E-state index contributed by atoms with van der Waals surface area (Å²) in [5, 5.41) is 2.79. The fourth-order valence-corrected chi connectivity index (χ4v) is 2.51. The van der Waals surface area contributed by atoms with Crippen molar-refractivity contribution in [2.75, 3.05) is 11.1 Å². The van der Waals surface area contributed by atoms with Crippen LogP contribution in [-0.4, -0.2) is 10.9 Å². The fourth-order valence-electron chi connectivity index (χ4n) is 1.70. The number of anilines is 2. The van der Waals surface area contributed by atoms with E-state index in [4.69, 9.17) is 5.73 Å². The highest BCUT2D eigenvalue weighted by Crippen LogP contribution is 2.35. The quantitative estimate of drug-likeness (QED) is 0.832. The van der Waals surface area contributed by atoms with Crippen molar-refractivity contribution >= 4 is 28.1 Å². The number of alkyl halides is 3. The third kappa shape index (κ3) is 3.15. The highest BCUT2D eigenvalue weighted by atomic mass is 32.1. The van der Waals surface area contributed by atoms with Crippen LogP contribution in [0.2, 0.25) is 0 Å². The van der Waals surface area contributed by atoms with Crippen LogP contribution >= 0.6 is 11.3 Å². The van der Waals surface area contributed by atoms with E-state index in [2.05, 4.69) is 10.3 Å². The molecule has 0 aliphatic carbocycles. The van der Waals surface area contributed by atoms with E-state index < -0.39 is 23.3 Å². The number of carbonyl (C=O) groups excluding carboxylic acids is 1. The number of carbonyl (C=O) groups is 1. The van der Waals surface area contributed by atoms with Crippen molar-refractivity contribution in [3.05, 3.63) is 39.9 Å². The molecule has 1 aromatic heterocycles. The lowest BCUT2D eigenvalue weighted by atomic mass is 10.1. The molecule has 21 heavy (non-hydrogen) atoms. The molecule has 1 amide bonds. The van der Waals surface area contributed by atoms with E-state index in [-0.39, 0.29) is 5.56 Å². The van der Waals surface area contributed by atoms with Crippen LogP contribution in [0.15, 0.2) is 18.2 Å². The van der Waals surface area contributed by atoms with Gasteiger partial charge >= 0.3 is 6.18 Å². The average Bonchev–Trinajstić information content (AvgIpc) is 2.66. The van der Waals surface area contributed by atoms with Crippen LogP contribution in [0.5, 0.6) is 0 Å². The molecule has 0 spiro atoms. The smallest absolute Gasteiger partial charge is 0.398 e. The summed E-state index contributed by atoms with van der Waals surface area (Å²) < 4.78 is 38.3.